The molecular formula is C16H24. The average molecular weight is 216 g/mol. The fourth-order valence-corrected chi connectivity index (χ4v) is 3.03. The van der Waals surface area contributed by atoms with Crippen LogP contribution in [-0.4, -0.2) is 0 Å². The molecule has 1 saturated carbocycles. The zero-order valence-corrected chi connectivity index (χ0v) is 11.1. The molecular weight excluding hydrogens is 192 g/mol. The highest BCUT2D eigenvalue weighted by Gasteiger charge is 2.27. The predicted molar refractivity (Wildman–Crippen MR) is 71.3 cm³/mol. The van der Waals surface area contributed by atoms with Crippen molar-refractivity contribution in [3.8, 4) is 0 Å². The van der Waals surface area contributed by atoms with Gasteiger partial charge in [0.25, 0.3) is 0 Å². The molecule has 1 fully saturated rings. The Morgan fingerprint density at radius 2 is 2.06 bits per heavy atom. The minimum Gasteiger partial charge on any atom is -0.0751 e. The first-order valence-corrected chi connectivity index (χ1v) is 6.61. The molecule has 0 aliphatic heterocycles. The molecule has 0 aromatic heterocycles. The van der Waals surface area contributed by atoms with Gasteiger partial charge in [-0.2, -0.15) is 0 Å². The molecule has 0 amide bonds. The maximum Gasteiger partial charge on any atom is 0.00134 e. The van der Waals surface area contributed by atoms with Gasteiger partial charge in [0.05, 0.1) is 0 Å². The first-order valence-electron chi connectivity index (χ1n) is 6.61. The van der Waals surface area contributed by atoms with Gasteiger partial charge in [-0.15, -0.1) is 0 Å². The summed E-state index contributed by atoms with van der Waals surface area (Å²) in [5, 5.41) is 0. The molecule has 2 aliphatic rings. The molecule has 0 aromatic carbocycles. The largest absolute Gasteiger partial charge is 0.0751 e. The van der Waals surface area contributed by atoms with Crippen LogP contribution >= 0.6 is 0 Å². The number of hydrogen-bond acceptors (Lipinski definition) is 0. The van der Waals surface area contributed by atoms with Crippen molar-refractivity contribution in [3.05, 3.63) is 35.5 Å². The fourth-order valence-electron chi connectivity index (χ4n) is 3.03. The third-order valence-electron chi connectivity index (χ3n) is 3.88. The van der Waals surface area contributed by atoms with Gasteiger partial charge >= 0.3 is 0 Å². The summed E-state index contributed by atoms with van der Waals surface area (Å²) >= 11 is 0. The summed E-state index contributed by atoms with van der Waals surface area (Å²) in [6.45, 7) is 9.31. The Morgan fingerprint density at radius 1 is 1.31 bits per heavy atom. The van der Waals surface area contributed by atoms with Crippen LogP contribution in [0.3, 0.4) is 0 Å². The van der Waals surface area contributed by atoms with Crippen molar-refractivity contribution in [2.24, 2.45) is 17.3 Å². The van der Waals surface area contributed by atoms with Gasteiger partial charge in [-0.05, 0) is 42.2 Å². The Morgan fingerprint density at radius 3 is 2.75 bits per heavy atom. The molecule has 2 aliphatic carbocycles. The van der Waals surface area contributed by atoms with E-state index in [4.69, 9.17) is 0 Å². The molecule has 0 nitrogen and oxygen atoms in total. The van der Waals surface area contributed by atoms with Crippen LogP contribution in [-0.2, 0) is 0 Å². The molecule has 0 N–H and O–H groups in total. The van der Waals surface area contributed by atoms with Gasteiger partial charge in [-0.1, -0.05) is 52.0 Å². The van der Waals surface area contributed by atoms with Crippen molar-refractivity contribution in [1.82, 2.24) is 0 Å². The summed E-state index contributed by atoms with van der Waals surface area (Å²) in [7, 11) is 0. The average Bonchev–Trinajstić information content (AvgIpc) is 2.33. The van der Waals surface area contributed by atoms with E-state index < -0.39 is 0 Å². The summed E-state index contributed by atoms with van der Waals surface area (Å²) in [5.41, 5.74) is 3.45. The number of rotatable bonds is 1. The van der Waals surface area contributed by atoms with Gasteiger partial charge in [0.15, 0.2) is 0 Å². The highest BCUT2D eigenvalue weighted by atomic mass is 14.3. The van der Waals surface area contributed by atoms with Crippen LogP contribution in [0.2, 0.25) is 0 Å². The molecule has 16 heavy (non-hydrogen) atoms. The highest BCUT2D eigenvalue weighted by Crippen LogP contribution is 2.41. The lowest BCUT2D eigenvalue weighted by Gasteiger charge is -2.31. The zero-order valence-electron chi connectivity index (χ0n) is 11.1. The van der Waals surface area contributed by atoms with E-state index in [0.717, 1.165) is 11.8 Å². The van der Waals surface area contributed by atoms with Crippen molar-refractivity contribution in [1.29, 1.82) is 0 Å². The standard InChI is InChI=1S/C16H24/c1-12(2)14-8-5-7-13-11-16(3,4)10-6-9-15(13)14/h6,9-12,14H,5,7-8H2,1-4H3. The quantitative estimate of drug-likeness (QED) is 0.585. The van der Waals surface area contributed by atoms with Crippen molar-refractivity contribution < 1.29 is 0 Å². The molecule has 0 heterocycles. The molecule has 0 aromatic rings. The normalized spacial score (nSPS) is 28.2. The van der Waals surface area contributed by atoms with Gasteiger partial charge in [0.1, 0.15) is 0 Å². The van der Waals surface area contributed by atoms with Crippen molar-refractivity contribution in [2.45, 2.75) is 47.0 Å². The molecule has 0 bridgehead atoms. The molecule has 1 unspecified atom stereocenters. The third-order valence-corrected chi connectivity index (χ3v) is 3.88. The molecule has 1 atom stereocenters. The predicted octanol–water partition coefficient (Wildman–Crippen LogP) is 4.89. The lowest BCUT2D eigenvalue weighted by atomic mass is 9.74. The number of allylic oxidation sites excluding steroid dienone is 6. The van der Waals surface area contributed by atoms with Crippen LogP contribution in [0, 0.1) is 17.3 Å². The second kappa shape index (κ2) is 4.24. The van der Waals surface area contributed by atoms with Crippen LogP contribution < -0.4 is 0 Å². The van der Waals surface area contributed by atoms with Crippen LogP contribution in [0.5, 0.6) is 0 Å². The summed E-state index contributed by atoms with van der Waals surface area (Å²) < 4.78 is 0. The van der Waals surface area contributed by atoms with Crippen LogP contribution in [0.4, 0.5) is 0 Å². The minimum absolute atomic E-state index is 0.229. The molecule has 2 rings (SSSR count). The molecule has 88 valence electrons. The molecule has 0 spiro atoms. The summed E-state index contributed by atoms with van der Waals surface area (Å²) in [5.74, 6) is 1.54. The number of fused-ring (bicyclic) bond motifs is 1. The van der Waals surface area contributed by atoms with E-state index in [2.05, 4.69) is 52.0 Å². The SMILES string of the molecule is CC(C)C1CCCC2=CC(C)(C)C=CC=C21. The van der Waals surface area contributed by atoms with E-state index in [1.165, 1.54) is 19.3 Å². The second-order valence-electron chi connectivity index (χ2n) is 6.21. The van der Waals surface area contributed by atoms with E-state index in [1.54, 1.807) is 11.1 Å². The van der Waals surface area contributed by atoms with Crippen molar-refractivity contribution in [3.63, 3.8) is 0 Å². The first-order chi connectivity index (χ1) is 7.49. The number of hydrogen-bond donors (Lipinski definition) is 0. The zero-order chi connectivity index (χ0) is 11.8. The van der Waals surface area contributed by atoms with E-state index in [0.29, 0.717) is 0 Å². The topological polar surface area (TPSA) is 0 Å². The Hall–Kier alpha value is -0.780. The summed E-state index contributed by atoms with van der Waals surface area (Å²) in [6.07, 6.45) is 13.4. The summed E-state index contributed by atoms with van der Waals surface area (Å²) in [6, 6.07) is 0. The Kier molecular flexibility index (Phi) is 3.10. The van der Waals surface area contributed by atoms with Gasteiger partial charge in [0, 0.05) is 5.41 Å². The minimum atomic E-state index is 0.229. The smallest absolute Gasteiger partial charge is 0.00134 e. The molecule has 0 saturated heterocycles. The van der Waals surface area contributed by atoms with E-state index in [9.17, 15) is 0 Å². The lowest BCUT2D eigenvalue weighted by molar-refractivity contribution is 0.384. The molecule has 0 radical (unpaired) electrons. The van der Waals surface area contributed by atoms with Crippen molar-refractivity contribution >= 4 is 0 Å². The monoisotopic (exact) mass is 216 g/mol. The Balaban J connectivity index is 2.36. The maximum atomic E-state index is 2.48. The van der Waals surface area contributed by atoms with Gasteiger partial charge in [0.2, 0.25) is 0 Å². The fraction of sp³-hybridized carbons (Fsp3) is 0.625. The van der Waals surface area contributed by atoms with E-state index >= 15 is 0 Å². The van der Waals surface area contributed by atoms with E-state index in [-0.39, 0.29) is 5.41 Å². The second-order valence-corrected chi connectivity index (χ2v) is 6.21. The molecule has 0 heteroatoms. The Labute approximate surface area is 100 Å². The first kappa shape index (κ1) is 11.7. The van der Waals surface area contributed by atoms with Gasteiger partial charge in [-0.25, -0.2) is 0 Å². The van der Waals surface area contributed by atoms with Crippen molar-refractivity contribution in [2.75, 3.05) is 0 Å². The third kappa shape index (κ3) is 2.31. The van der Waals surface area contributed by atoms with Crippen LogP contribution in [0.15, 0.2) is 35.5 Å². The lowest BCUT2D eigenvalue weighted by Crippen LogP contribution is -2.18. The van der Waals surface area contributed by atoms with Gasteiger partial charge in [-0.3, -0.25) is 0 Å². The Bertz CT molecular complexity index is 350. The van der Waals surface area contributed by atoms with Gasteiger partial charge < -0.3 is 0 Å². The highest BCUT2D eigenvalue weighted by molar-refractivity contribution is 5.42. The van der Waals surface area contributed by atoms with Crippen LogP contribution in [0.25, 0.3) is 0 Å². The van der Waals surface area contributed by atoms with Crippen LogP contribution in [0.1, 0.15) is 47.0 Å². The maximum absolute atomic E-state index is 2.48. The van der Waals surface area contributed by atoms with E-state index in [1.807, 2.05) is 0 Å². The summed E-state index contributed by atoms with van der Waals surface area (Å²) in [4.78, 5) is 0.